The number of imidazole rings is 1. The van der Waals surface area contributed by atoms with E-state index in [-0.39, 0.29) is 5.82 Å². The molecular weight excluding hydrogens is 239 g/mol. The number of rotatable bonds is 2. The first kappa shape index (κ1) is 10.4. The van der Waals surface area contributed by atoms with E-state index in [9.17, 15) is 4.39 Å². The summed E-state index contributed by atoms with van der Waals surface area (Å²) in [7, 11) is 0. The lowest BCUT2D eigenvalue weighted by molar-refractivity contribution is 0.631. The number of nitrogens with zero attached hydrogens (tertiary/aromatic N) is 3. The van der Waals surface area contributed by atoms with Crippen molar-refractivity contribution >= 4 is 16.3 Å². The van der Waals surface area contributed by atoms with Crippen molar-refractivity contribution in [3.05, 3.63) is 42.0 Å². The predicted molar refractivity (Wildman–Crippen MR) is 64.1 cm³/mol. The second kappa shape index (κ2) is 3.90. The lowest BCUT2D eigenvalue weighted by Crippen LogP contribution is -1.95. The first-order valence-corrected chi connectivity index (χ1v) is 5.89. The minimum atomic E-state index is -0.274. The van der Waals surface area contributed by atoms with Crippen molar-refractivity contribution in [3.8, 4) is 10.6 Å². The zero-order valence-electron chi connectivity index (χ0n) is 8.80. The molecular formula is C11H9FN4S. The Kier molecular flexibility index (Phi) is 2.38. The van der Waals surface area contributed by atoms with Crippen LogP contribution in [0, 0.1) is 5.82 Å². The minimum absolute atomic E-state index is 0.274. The molecule has 2 heterocycles. The molecule has 0 saturated carbocycles. The Morgan fingerprint density at radius 1 is 1.35 bits per heavy atom. The lowest BCUT2D eigenvalue weighted by atomic mass is 10.2. The van der Waals surface area contributed by atoms with Crippen LogP contribution in [0.2, 0.25) is 0 Å². The molecule has 0 radical (unpaired) electrons. The quantitative estimate of drug-likeness (QED) is 0.755. The molecule has 0 saturated heterocycles. The molecule has 0 spiro atoms. The van der Waals surface area contributed by atoms with Crippen LogP contribution in [0.1, 0.15) is 5.69 Å². The highest BCUT2D eigenvalue weighted by Crippen LogP contribution is 2.27. The molecule has 6 heteroatoms. The Balaban J connectivity index is 2.13. The Morgan fingerprint density at radius 2 is 2.18 bits per heavy atom. The van der Waals surface area contributed by atoms with Gasteiger partial charge in [0.15, 0.2) is 5.01 Å². The average Bonchev–Trinajstić information content (AvgIpc) is 2.86. The maximum absolute atomic E-state index is 13.6. The van der Waals surface area contributed by atoms with Gasteiger partial charge in [-0.1, -0.05) is 23.5 Å². The van der Waals surface area contributed by atoms with E-state index in [4.69, 9.17) is 5.73 Å². The molecule has 0 bridgehead atoms. The monoisotopic (exact) mass is 248 g/mol. The van der Waals surface area contributed by atoms with E-state index in [1.165, 1.54) is 17.4 Å². The summed E-state index contributed by atoms with van der Waals surface area (Å²) >= 11 is 1.35. The number of hydrogen-bond acceptors (Lipinski definition) is 4. The van der Waals surface area contributed by atoms with Gasteiger partial charge in [-0.15, -0.1) is 0 Å². The van der Waals surface area contributed by atoms with Gasteiger partial charge in [-0.2, -0.15) is 5.10 Å². The zero-order chi connectivity index (χ0) is 11.8. The minimum Gasteiger partial charge on any atom is -0.325 e. The highest BCUT2D eigenvalue weighted by Gasteiger charge is 2.12. The smallest absolute Gasteiger partial charge is 0.212 e. The number of aromatic nitrogens is 3. The van der Waals surface area contributed by atoms with E-state index in [1.807, 2.05) is 0 Å². The van der Waals surface area contributed by atoms with Crippen molar-refractivity contribution in [2.45, 2.75) is 6.54 Å². The molecule has 0 aliphatic rings. The third kappa shape index (κ3) is 1.71. The molecule has 4 nitrogen and oxygen atoms in total. The molecule has 86 valence electrons. The molecule has 0 unspecified atom stereocenters. The summed E-state index contributed by atoms with van der Waals surface area (Å²) in [6.07, 6.45) is 1.76. The highest BCUT2D eigenvalue weighted by molar-refractivity contribution is 7.19. The van der Waals surface area contributed by atoms with Gasteiger partial charge >= 0.3 is 0 Å². The fourth-order valence-corrected chi connectivity index (χ4v) is 2.51. The number of nitrogens with two attached hydrogens (primary N) is 1. The Hall–Kier alpha value is -1.79. The number of hydrogen-bond donors (Lipinski definition) is 1. The Bertz CT molecular complexity index is 641. The van der Waals surface area contributed by atoms with Crippen molar-refractivity contribution in [1.82, 2.24) is 14.6 Å². The largest absolute Gasteiger partial charge is 0.325 e. The van der Waals surface area contributed by atoms with Gasteiger partial charge in [-0.05, 0) is 12.1 Å². The summed E-state index contributed by atoms with van der Waals surface area (Å²) in [6, 6.07) is 6.57. The maximum Gasteiger partial charge on any atom is 0.212 e. The van der Waals surface area contributed by atoms with Crippen molar-refractivity contribution in [2.75, 3.05) is 0 Å². The summed E-state index contributed by atoms with van der Waals surface area (Å²) in [6.45, 7) is 0.380. The molecule has 0 aliphatic carbocycles. The van der Waals surface area contributed by atoms with Crippen LogP contribution in [-0.2, 0) is 6.54 Å². The van der Waals surface area contributed by atoms with Crippen LogP contribution in [0.15, 0.2) is 30.5 Å². The van der Waals surface area contributed by atoms with Crippen LogP contribution in [0.25, 0.3) is 15.5 Å². The summed E-state index contributed by atoms with van der Waals surface area (Å²) in [5.74, 6) is -0.274. The molecule has 1 aromatic carbocycles. The fraction of sp³-hybridized carbons (Fsp3) is 0.0909. The summed E-state index contributed by atoms with van der Waals surface area (Å²) in [5, 5.41) is 4.91. The van der Waals surface area contributed by atoms with Crippen molar-refractivity contribution in [1.29, 1.82) is 0 Å². The third-order valence-corrected chi connectivity index (χ3v) is 3.36. The van der Waals surface area contributed by atoms with Crippen LogP contribution in [0.4, 0.5) is 4.39 Å². The number of fused-ring (bicyclic) bond motifs is 1. The number of benzene rings is 1. The maximum atomic E-state index is 13.6. The summed E-state index contributed by atoms with van der Waals surface area (Å²) < 4.78 is 15.2. The van der Waals surface area contributed by atoms with Crippen molar-refractivity contribution < 1.29 is 4.39 Å². The SMILES string of the molecule is NCc1cn2nc(-c3ccccc3F)sc2n1. The second-order valence-corrected chi connectivity index (χ2v) is 4.51. The van der Waals surface area contributed by atoms with Gasteiger partial charge in [0, 0.05) is 12.1 Å². The van der Waals surface area contributed by atoms with Crippen molar-refractivity contribution in [3.63, 3.8) is 0 Å². The first-order valence-electron chi connectivity index (χ1n) is 5.08. The third-order valence-electron chi connectivity index (χ3n) is 2.41. The summed E-state index contributed by atoms with van der Waals surface area (Å²) in [4.78, 5) is 5.00. The van der Waals surface area contributed by atoms with Crippen LogP contribution < -0.4 is 5.73 Å². The van der Waals surface area contributed by atoms with Crippen LogP contribution >= 0.6 is 11.3 Å². The second-order valence-electron chi connectivity index (χ2n) is 3.55. The highest BCUT2D eigenvalue weighted by atomic mass is 32.1. The Labute approximate surface area is 101 Å². The van der Waals surface area contributed by atoms with E-state index < -0.39 is 0 Å². The fourth-order valence-electron chi connectivity index (χ4n) is 1.59. The van der Waals surface area contributed by atoms with E-state index >= 15 is 0 Å². The molecule has 0 aliphatic heterocycles. The molecule has 3 aromatic rings. The van der Waals surface area contributed by atoms with Crippen LogP contribution in [-0.4, -0.2) is 14.6 Å². The van der Waals surface area contributed by atoms with E-state index in [2.05, 4.69) is 10.1 Å². The van der Waals surface area contributed by atoms with Crippen LogP contribution in [0.5, 0.6) is 0 Å². The van der Waals surface area contributed by atoms with Gasteiger partial charge < -0.3 is 5.73 Å². The number of halogens is 1. The molecule has 2 N–H and O–H groups in total. The Morgan fingerprint density at radius 3 is 2.88 bits per heavy atom. The van der Waals surface area contributed by atoms with E-state index in [0.717, 1.165) is 10.7 Å². The average molecular weight is 248 g/mol. The molecule has 17 heavy (non-hydrogen) atoms. The van der Waals surface area contributed by atoms with Crippen LogP contribution in [0.3, 0.4) is 0 Å². The molecule has 0 amide bonds. The molecule has 3 rings (SSSR count). The van der Waals surface area contributed by atoms with Gasteiger partial charge in [0.2, 0.25) is 4.96 Å². The normalized spacial score (nSPS) is 11.2. The van der Waals surface area contributed by atoms with Crippen molar-refractivity contribution in [2.24, 2.45) is 5.73 Å². The molecule has 0 atom stereocenters. The van der Waals surface area contributed by atoms with Gasteiger partial charge in [-0.25, -0.2) is 13.9 Å². The van der Waals surface area contributed by atoms with Gasteiger partial charge in [-0.3, -0.25) is 0 Å². The molecule has 2 aromatic heterocycles. The predicted octanol–water partition coefficient (Wildman–Crippen LogP) is 2.06. The van der Waals surface area contributed by atoms with Gasteiger partial charge in [0.1, 0.15) is 5.82 Å². The molecule has 0 fully saturated rings. The first-order chi connectivity index (χ1) is 8.28. The summed E-state index contributed by atoms with van der Waals surface area (Å²) in [5.41, 5.74) is 6.77. The zero-order valence-corrected chi connectivity index (χ0v) is 9.62. The van der Waals surface area contributed by atoms with Gasteiger partial charge in [0.25, 0.3) is 0 Å². The lowest BCUT2D eigenvalue weighted by Gasteiger charge is -1.95. The topological polar surface area (TPSA) is 56.2 Å². The van der Waals surface area contributed by atoms with Gasteiger partial charge in [0.05, 0.1) is 11.9 Å². The van der Waals surface area contributed by atoms with E-state index in [1.54, 1.807) is 28.9 Å². The standard InChI is InChI=1S/C11H9FN4S/c12-9-4-2-1-3-8(9)10-15-16-6-7(5-13)14-11(16)17-10/h1-4,6H,5,13H2. The van der Waals surface area contributed by atoms with E-state index in [0.29, 0.717) is 17.1 Å².